The maximum absolute atomic E-state index is 13.6. The van der Waals surface area contributed by atoms with Crippen molar-refractivity contribution in [1.29, 1.82) is 0 Å². The number of nitrogens with zero attached hydrogens (tertiary/aromatic N) is 1. The molecule has 0 aliphatic heterocycles. The normalized spacial score (nSPS) is 10.8. The summed E-state index contributed by atoms with van der Waals surface area (Å²) in [5.41, 5.74) is 0.913. The summed E-state index contributed by atoms with van der Waals surface area (Å²) >= 11 is 0. The highest BCUT2D eigenvalue weighted by atomic mass is 19.1. The minimum absolute atomic E-state index is 0.226. The number of halogens is 1. The Morgan fingerprint density at radius 3 is 2.75 bits per heavy atom. The van der Waals surface area contributed by atoms with Crippen LogP contribution in [0.1, 0.15) is 19.4 Å². The van der Waals surface area contributed by atoms with Gasteiger partial charge in [-0.25, -0.2) is 4.39 Å². The van der Waals surface area contributed by atoms with E-state index in [0.29, 0.717) is 18.2 Å². The van der Waals surface area contributed by atoms with E-state index in [4.69, 9.17) is 4.74 Å². The summed E-state index contributed by atoms with van der Waals surface area (Å²) in [7, 11) is 0. The lowest BCUT2D eigenvalue weighted by Crippen LogP contribution is -2.19. The topological polar surface area (TPSA) is 34.2 Å². The predicted molar refractivity (Wildman–Crippen MR) is 77.3 cm³/mol. The lowest BCUT2D eigenvalue weighted by atomic mass is 10.2. The van der Waals surface area contributed by atoms with Crippen molar-refractivity contribution in [3.8, 4) is 11.5 Å². The zero-order chi connectivity index (χ0) is 14.4. The summed E-state index contributed by atoms with van der Waals surface area (Å²) in [4.78, 5) is 4.09. The maximum Gasteiger partial charge on any atom is 0.165 e. The number of aromatic nitrogens is 1. The Morgan fingerprint density at radius 1 is 1.20 bits per heavy atom. The van der Waals surface area contributed by atoms with Gasteiger partial charge in [0.15, 0.2) is 11.6 Å². The highest BCUT2D eigenvalue weighted by molar-refractivity contribution is 5.36. The summed E-state index contributed by atoms with van der Waals surface area (Å²) in [6.07, 6.45) is 3.38. The third-order valence-corrected chi connectivity index (χ3v) is 2.78. The molecule has 2 rings (SSSR count). The SMILES string of the molecule is CC(C)CNCc1cnccc1Oc1ccccc1F. The van der Waals surface area contributed by atoms with Gasteiger partial charge in [0.05, 0.1) is 0 Å². The third-order valence-electron chi connectivity index (χ3n) is 2.78. The molecule has 0 amide bonds. The zero-order valence-corrected chi connectivity index (χ0v) is 11.8. The Morgan fingerprint density at radius 2 is 2.00 bits per heavy atom. The Hall–Kier alpha value is -1.94. The van der Waals surface area contributed by atoms with E-state index >= 15 is 0 Å². The van der Waals surface area contributed by atoms with E-state index in [1.54, 1.807) is 36.7 Å². The molecule has 4 heteroatoms. The van der Waals surface area contributed by atoms with Gasteiger partial charge in [0.2, 0.25) is 0 Å². The number of hydrogen-bond acceptors (Lipinski definition) is 3. The molecule has 1 N–H and O–H groups in total. The molecule has 0 spiro atoms. The molecule has 0 bridgehead atoms. The third kappa shape index (κ3) is 4.03. The smallest absolute Gasteiger partial charge is 0.165 e. The van der Waals surface area contributed by atoms with Crippen molar-refractivity contribution < 1.29 is 9.13 Å². The first-order valence-corrected chi connectivity index (χ1v) is 6.73. The first-order valence-electron chi connectivity index (χ1n) is 6.73. The molecule has 1 heterocycles. The van der Waals surface area contributed by atoms with Crippen molar-refractivity contribution >= 4 is 0 Å². The second-order valence-electron chi connectivity index (χ2n) is 5.04. The number of pyridine rings is 1. The van der Waals surface area contributed by atoms with Crippen molar-refractivity contribution in [3.05, 3.63) is 54.1 Å². The van der Waals surface area contributed by atoms with Crippen LogP contribution in [0.5, 0.6) is 11.5 Å². The Bertz CT molecular complexity index is 558. The molecule has 0 unspecified atom stereocenters. The van der Waals surface area contributed by atoms with Gasteiger partial charge in [-0.3, -0.25) is 4.98 Å². The Balaban J connectivity index is 2.10. The van der Waals surface area contributed by atoms with Crippen LogP contribution in [0.3, 0.4) is 0 Å². The van der Waals surface area contributed by atoms with Crippen LogP contribution in [-0.4, -0.2) is 11.5 Å². The molecule has 1 aromatic carbocycles. The maximum atomic E-state index is 13.6. The second-order valence-corrected chi connectivity index (χ2v) is 5.04. The average molecular weight is 274 g/mol. The Labute approximate surface area is 118 Å². The van der Waals surface area contributed by atoms with Gasteiger partial charge in [-0.1, -0.05) is 26.0 Å². The standard InChI is InChI=1S/C16H19FN2O/c1-12(2)9-19-11-13-10-18-8-7-15(13)20-16-6-4-3-5-14(16)17/h3-8,10,12,19H,9,11H2,1-2H3. The molecule has 20 heavy (non-hydrogen) atoms. The number of benzene rings is 1. The number of nitrogens with one attached hydrogen (secondary N) is 1. The van der Waals surface area contributed by atoms with Gasteiger partial charge >= 0.3 is 0 Å². The minimum Gasteiger partial charge on any atom is -0.454 e. The highest BCUT2D eigenvalue weighted by Gasteiger charge is 2.08. The number of hydrogen-bond donors (Lipinski definition) is 1. The first kappa shape index (κ1) is 14.5. The van der Waals surface area contributed by atoms with Crippen LogP contribution in [-0.2, 0) is 6.54 Å². The van der Waals surface area contributed by atoms with Crippen molar-refractivity contribution in [2.75, 3.05) is 6.54 Å². The van der Waals surface area contributed by atoms with E-state index in [9.17, 15) is 4.39 Å². The summed E-state index contributed by atoms with van der Waals surface area (Å²) in [5, 5.41) is 3.33. The molecular formula is C16H19FN2O. The van der Waals surface area contributed by atoms with E-state index in [2.05, 4.69) is 24.1 Å². The minimum atomic E-state index is -0.370. The molecule has 0 aliphatic carbocycles. The summed E-state index contributed by atoms with van der Waals surface area (Å²) in [6, 6.07) is 8.13. The lowest BCUT2D eigenvalue weighted by molar-refractivity contribution is 0.433. The van der Waals surface area contributed by atoms with Crippen LogP contribution < -0.4 is 10.1 Å². The van der Waals surface area contributed by atoms with Crippen molar-refractivity contribution in [3.63, 3.8) is 0 Å². The molecule has 0 aliphatic rings. The molecule has 0 atom stereocenters. The summed E-state index contributed by atoms with van der Waals surface area (Å²) in [5.74, 6) is 1.05. The van der Waals surface area contributed by atoms with Gasteiger partial charge in [-0.15, -0.1) is 0 Å². The van der Waals surface area contributed by atoms with Crippen LogP contribution in [0, 0.1) is 11.7 Å². The number of para-hydroxylation sites is 1. The van der Waals surface area contributed by atoms with Crippen molar-refractivity contribution in [2.24, 2.45) is 5.92 Å². The molecule has 1 aromatic heterocycles. The quantitative estimate of drug-likeness (QED) is 0.871. The molecular weight excluding hydrogens is 255 g/mol. The lowest BCUT2D eigenvalue weighted by Gasteiger charge is -2.12. The molecule has 0 saturated carbocycles. The van der Waals surface area contributed by atoms with Gasteiger partial charge in [0.1, 0.15) is 5.75 Å². The molecule has 106 valence electrons. The van der Waals surface area contributed by atoms with E-state index in [-0.39, 0.29) is 11.6 Å². The van der Waals surface area contributed by atoms with Crippen LogP contribution in [0.2, 0.25) is 0 Å². The fraction of sp³-hybridized carbons (Fsp3) is 0.312. The van der Waals surface area contributed by atoms with Crippen LogP contribution in [0.25, 0.3) is 0 Å². The largest absolute Gasteiger partial charge is 0.454 e. The van der Waals surface area contributed by atoms with Crippen molar-refractivity contribution in [1.82, 2.24) is 10.3 Å². The Kier molecular flexibility index (Phi) is 5.07. The van der Waals surface area contributed by atoms with E-state index in [0.717, 1.165) is 12.1 Å². The van der Waals surface area contributed by atoms with Crippen LogP contribution in [0.4, 0.5) is 4.39 Å². The van der Waals surface area contributed by atoms with Crippen LogP contribution >= 0.6 is 0 Å². The van der Waals surface area contributed by atoms with Crippen LogP contribution in [0.15, 0.2) is 42.7 Å². The van der Waals surface area contributed by atoms with Gasteiger partial charge < -0.3 is 10.1 Å². The predicted octanol–water partition coefficient (Wildman–Crippen LogP) is 3.76. The fourth-order valence-electron chi connectivity index (χ4n) is 1.79. The van der Waals surface area contributed by atoms with Gasteiger partial charge in [-0.05, 0) is 30.7 Å². The molecule has 0 radical (unpaired) electrons. The van der Waals surface area contributed by atoms with E-state index in [1.807, 2.05) is 0 Å². The number of rotatable bonds is 6. The van der Waals surface area contributed by atoms with E-state index < -0.39 is 0 Å². The first-order chi connectivity index (χ1) is 9.66. The summed E-state index contributed by atoms with van der Waals surface area (Å²) < 4.78 is 19.3. The molecule has 0 saturated heterocycles. The van der Waals surface area contributed by atoms with E-state index in [1.165, 1.54) is 6.07 Å². The summed E-state index contributed by atoms with van der Waals surface area (Å²) in [6.45, 7) is 5.85. The second kappa shape index (κ2) is 7.01. The molecule has 2 aromatic rings. The fourth-order valence-corrected chi connectivity index (χ4v) is 1.79. The molecule has 3 nitrogen and oxygen atoms in total. The average Bonchev–Trinajstić information content (AvgIpc) is 2.43. The van der Waals surface area contributed by atoms with Crippen molar-refractivity contribution in [2.45, 2.75) is 20.4 Å². The highest BCUT2D eigenvalue weighted by Crippen LogP contribution is 2.26. The molecule has 0 fully saturated rings. The number of ether oxygens (including phenoxy) is 1. The van der Waals surface area contributed by atoms with Gasteiger partial charge in [0.25, 0.3) is 0 Å². The van der Waals surface area contributed by atoms with Gasteiger partial charge in [-0.2, -0.15) is 0 Å². The zero-order valence-electron chi connectivity index (χ0n) is 11.8. The monoisotopic (exact) mass is 274 g/mol. The van der Waals surface area contributed by atoms with Gasteiger partial charge in [0, 0.05) is 24.5 Å².